The number of rotatable bonds is 6. The Labute approximate surface area is 198 Å². The molecule has 0 aliphatic heterocycles. The van der Waals surface area contributed by atoms with Gasteiger partial charge in [-0.05, 0) is 43.3 Å². The summed E-state index contributed by atoms with van der Waals surface area (Å²) in [6.07, 6.45) is 0. The molecule has 3 aromatic carbocycles. The number of carbonyl (C=O) groups excluding carboxylic acids is 2. The standard InChI is InChI=1S/C23H18N4O7S/c1-14-19-7-2-3-8-20(19)34-21(14)23(29)25-24-22(28)15-9-11-16(12-10-15)26-35(32,33)18-6-4-5-17(13-18)27(30)31/h2-13,26H,1H3,(H,24,28)(H,25,29). The number of anilines is 1. The van der Waals surface area contributed by atoms with Gasteiger partial charge in [-0.3, -0.25) is 35.3 Å². The predicted molar refractivity (Wildman–Crippen MR) is 126 cm³/mol. The lowest BCUT2D eigenvalue weighted by Crippen LogP contribution is -2.41. The Morgan fingerprint density at radius 1 is 0.914 bits per heavy atom. The van der Waals surface area contributed by atoms with Crippen LogP contribution < -0.4 is 15.6 Å². The molecule has 3 N–H and O–H groups in total. The van der Waals surface area contributed by atoms with Gasteiger partial charge in [-0.1, -0.05) is 24.3 Å². The molecule has 0 saturated carbocycles. The maximum Gasteiger partial charge on any atom is 0.305 e. The van der Waals surface area contributed by atoms with E-state index < -0.39 is 26.8 Å². The Morgan fingerprint density at radius 2 is 1.60 bits per heavy atom. The highest BCUT2D eigenvalue weighted by molar-refractivity contribution is 7.92. The van der Waals surface area contributed by atoms with E-state index in [9.17, 15) is 28.1 Å². The number of sulfonamides is 1. The highest BCUT2D eigenvalue weighted by Gasteiger charge is 2.19. The number of aryl methyl sites for hydroxylation is 1. The average Bonchev–Trinajstić information content (AvgIpc) is 3.19. The summed E-state index contributed by atoms with van der Waals surface area (Å²) >= 11 is 0. The first-order valence-corrected chi connectivity index (χ1v) is 11.6. The zero-order chi connectivity index (χ0) is 25.2. The minimum atomic E-state index is -4.09. The van der Waals surface area contributed by atoms with Crippen LogP contribution >= 0.6 is 0 Å². The fraction of sp³-hybridized carbons (Fsp3) is 0.0435. The molecule has 1 aromatic heterocycles. The summed E-state index contributed by atoms with van der Waals surface area (Å²) in [6.45, 7) is 1.73. The van der Waals surface area contributed by atoms with Gasteiger partial charge in [-0.25, -0.2) is 8.42 Å². The normalized spacial score (nSPS) is 11.1. The second-order valence-corrected chi connectivity index (χ2v) is 9.08. The molecule has 12 heteroatoms. The van der Waals surface area contributed by atoms with Crippen molar-refractivity contribution in [1.29, 1.82) is 0 Å². The molecule has 178 valence electrons. The smallest absolute Gasteiger partial charge is 0.305 e. The van der Waals surface area contributed by atoms with Gasteiger partial charge >= 0.3 is 5.91 Å². The van der Waals surface area contributed by atoms with Gasteiger partial charge in [-0.15, -0.1) is 0 Å². The summed E-state index contributed by atoms with van der Waals surface area (Å²) in [7, 11) is -4.09. The molecule has 1 heterocycles. The third-order valence-electron chi connectivity index (χ3n) is 5.08. The average molecular weight is 494 g/mol. The van der Waals surface area contributed by atoms with Crippen LogP contribution in [0.1, 0.15) is 26.5 Å². The van der Waals surface area contributed by atoms with Gasteiger partial charge in [0.15, 0.2) is 5.76 Å². The number of carbonyl (C=O) groups is 2. The Bertz CT molecular complexity index is 1560. The number of amides is 2. The molecule has 0 aliphatic rings. The number of fused-ring (bicyclic) bond motifs is 1. The van der Waals surface area contributed by atoms with Gasteiger partial charge < -0.3 is 4.42 Å². The zero-order valence-electron chi connectivity index (χ0n) is 18.1. The Hall–Kier alpha value is -4.71. The fourth-order valence-corrected chi connectivity index (χ4v) is 4.40. The van der Waals surface area contributed by atoms with Gasteiger partial charge in [0, 0.05) is 34.3 Å². The molecular weight excluding hydrogens is 476 g/mol. The molecule has 0 radical (unpaired) electrons. The maximum absolute atomic E-state index is 12.5. The Balaban J connectivity index is 1.40. The van der Waals surface area contributed by atoms with E-state index in [1.807, 2.05) is 12.1 Å². The highest BCUT2D eigenvalue weighted by atomic mass is 32.2. The summed E-state index contributed by atoms with van der Waals surface area (Å²) in [6, 6.07) is 17.1. The van der Waals surface area contributed by atoms with Gasteiger partial charge in [0.1, 0.15) is 5.58 Å². The predicted octanol–water partition coefficient (Wildman–Crippen LogP) is 3.53. The fourth-order valence-electron chi connectivity index (χ4n) is 3.30. The van der Waals surface area contributed by atoms with Crippen molar-refractivity contribution in [3.8, 4) is 0 Å². The van der Waals surface area contributed by atoms with Gasteiger partial charge in [0.2, 0.25) is 0 Å². The molecular formula is C23H18N4O7S. The molecule has 4 aromatic rings. The van der Waals surface area contributed by atoms with Crippen LogP contribution in [0.25, 0.3) is 11.0 Å². The summed E-state index contributed by atoms with van der Waals surface area (Å²) < 4.78 is 32.9. The second kappa shape index (κ2) is 9.27. The summed E-state index contributed by atoms with van der Waals surface area (Å²) in [5, 5.41) is 11.7. The first-order chi connectivity index (χ1) is 16.7. The first-order valence-electron chi connectivity index (χ1n) is 10.1. The topological polar surface area (TPSA) is 161 Å². The number of non-ortho nitro benzene ring substituents is 1. The Morgan fingerprint density at radius 3 is 2.29 bits per heavy atom. The van der Waals surface area contributed by atoms with Crippen LogP contribution in [0.5, 0.6) is 0 Å². The highest BCUT2D eigenvalue weighted by Crippen LogP contribution is 2.25. The molecule has 0 atom stereocenters. The molecule has 0 fully saturated rings. The minimum Gasteiger partial charge on any atom is -0.451 e. The number of furan rings is 1. The lowest BCUT2D eigenvalue weighted by Gasteiger charge is -2.10. The van der Waals surface area contributed by atoms with E-state index >= 15 is 0 Å². The van der Waals surface area contributed by atoms with Crippen LogP contribution in [0.3, 0.4) is 0 Å². The lowest BCUT2D eigenvalue weighted by molar-refractivity contribution is -0.385. The van der Waals surface area contributed by atoms with Crippen LogP contribution in [0.4, 0.5) is 11.4 Å². The van der Waals surface area contributed by atoms with E-state index in [2.05, 4.69) is 15.6 Å². The molecule has 0 spiro atoms. The second-order valence-electron chi connectivity index (χ2n) is 7.40. The number of benzene rings is 3. The van der Waals surface area contributed by atoms with E-state index in [4.69, 9.17) is 4.42 Å². The van der Waals surface area contributed by atoms with E-state index in [0.29, 0.717) is 11.1 Å². The van der Waals surface area contributed by atoms with Crippen molar-refractivity contribution in [2.75, 3.05) is 4.72 Å². The molecule has 0 bridgehead atoms. The van der Waals surface area contributed by atoms with Crippen molar-refractivity contribution in [2.45, 2.75) is 11.8 Å². The van der Waals surface area contributed by atoms with Crippen molar-refractivity contribution < 1.29 is 27.3 Å². The quantitative estimate of drug-likeness (QED) is 0.273. The van der Waals surface area contributed by atoms with Gasteiger partial charge in [0.05, 0.1) is 9.82 Å². The number of nitrogens with one attached hydrogen (secondary N) is 3. The van der Waals surface area contributed by atoms with Crippen molar-refractivity contribution >= 4 is 44.2 Å². The molecule has 35 heavy (non-hydrogen) atoms. The van der Waals surface area contributed by atoms with Crippen LogP contribution in [0.15, 0.2) is 82.1 Å². The summed E-state index contributed by atoms with van der Waals surface area (Å²) in [5.74, 6) is -1.20. The van der Waals surface area contributed by atoms with Gasteiger partial charge in [-0.2, -0.15) is 0 Å². The lowest BCUT2D eigenvalue weighted by atomic mass is 10.1. The SMILES string of the molecule is Cc1c(C(=O)NNC(=O)c2ccc(NS(=O)(=O)c3cccc([N+](=O)[O-])c3)cc2)oc2ccccc12. The molecule has 0 unspecified atom stereocenters. The minimum absolute atomic E-state index is 0.0670. The van der Waals surface area contributed by atoms with E-state index in [1.165, 1.54) is 42.5 Å². The Kier molecular flexibility index (Phi) is 6.21. The third-order valence-corrected chi connectivity index (χ3v) is 6.46. The molecule has 0 saturated heterocycles. The largest absolute Gasteiger partial charge is 0.451 e. The zero-order valence-corrected chi connectivity index (χ0v) is 19.0. The summed E-state index contributed by atoms with van der Waals surface area (Å²) in [5.41, 5.74) is 5.66. The monoisotopic (exact) mass is 494 g/mol. The molecule has 4 rings (SSSR count). The van der Waals surface area contributed by atoms with Crippen LogP contribution in [-0.4, -0.2) is 25.2 Å². The van der Waals surface area contributed by atoms with E-state index in [0.717, 1.165) is 11.5 Å². The summed E-state index contributed by atoms with van der Waals surface area (Å²) in [4.78, 5) is 34.8. The van der Waals surface area contributed by atoms with Crippen molar-refractivity contribution in [1.82, 2.24) is 10.9 Å². The number of para-hydroxylation sites is 1. The number of hydrazine groups is 1. The van der Waals surface area contributed by atoms with Crippen LogP contribution in [0, 0.1) is 17.0 Å². The van der Waals surface area contributed by atoms with E-state index in [1.54, 1.807) is 19.1 Å². The van der Waals surface area contributed by atoms with Crippen molar-refractivity contribution in [2.24, 2.45) is 0 Å². The van der Waals surface area contributed by atoms with Gasteiger partial charge in [0.25, 0.3) is 21.6 Å². The number of nitrogens with zero attached hydrogens (tertiary/aromatic N) is 1. The number of hydrogen-bond acceptors (Lipinski definition) is 7. The number of nitro groups is 1. The third kappa shape index (κ3) is 4.96. The molecule has 0 aliphatic carbocycles. The van der Waals surface area contributed by atoms with Crippen molar-refractivity contribution in [3.63, 3.8) is 0 Å². The maximum atomic E-state index is 12.5. The van der Waals surface area contributed by atoms with Crippen LogP contribution in [-0.2, 0) is 10.0 Å². The first kappa shape index (κ1) is 23.4. The molecule has 2 amide bonds. The van der Waals surface area contributed by atoms with E-state index in [-0.39, 0.29) is 27.6 Å². The molecule has 11 nitrogen and oxygen atoms in total. The van der Waals surface area contributed by atoms with Crippen molar-refractivity contribution in [3.05, 3.63) is 99.8 Å². The number of hydrogen-bond donors (Lipinski definition) is 3. The van der Waals surface area contributed by atoms with Crippen LogP contribution in [0.2, 0.25) is 0 Å². The number of nitro benzene ring substituents is 1.